The summed E-state index contributed by atoms with van der Waals surface area (Å²) in [7, 11) is 1.68. The molecule has 2 rings (SSSR count). The molecular formula is C13H18BN2O2. The van der Waals surface area contributed by atoms with Crippen molar-refractivity contribution in [1.29, 1.82) is 0 Å². The average molecular weight is 245 g/mol. The fraction of sp³-hybridized carbons (Fsp3) is 0.462. The summed E-state index contributed by atoms with van der Waals surface area (Å²) < 4.78 is 4.97. The minimum Gasteiger partial charge on any atom is -0.428 e. The molecule has 1 aromatic rings. The largest absolute Gasteiger partial charge is 0.428 e. The average Bonchev–Trinajstić information content (AvgIpc) is 2.93. The van der Waals surface area contributed by atoms with Gasteiger partial charge in [-0.1, -0.05) is 17.7 Å². The van der Waals surface area contributed by atoms with Gasteiger partial charge in [-0.15, -0.1) is 0 Å². The number of amides is 1. The van der Waals surface area contributed by atoms with E-state index in [0.29, 0.717) is 6.32 Å². The van der Waals surface area contributed by atoms with Crippen LogP contribution in [0.15, 0.2) is 24.3 Å². The van der Waals surface area contributed by atoms with Crippen LogP contribution in [0.4, 0.5) is 0 Å². The van der Waals surface area contributed by atoms with E-state index >= 15 is 0 Å². The van der Waals surface area contributed by atoms with Gasteiger partial charge in [0.15, 0.2) is 0 Å². The summed E-state index contributed by atoms with van der Waals surface area (Å²) in [6.07, 6.45) is 2.94. The van der Waals surface area contributed by atoms with Crippen molar-refractivity contribution in [2.45, 2.75) is 19.2 Å². The van der Waals surface area contributed by atoms with Crippen LogP contribution in [-0.4, -0.2) is 38.1 Å². The molecule has 18 heavy (non-hydrogen) atoms. The van der Waals surface area contributed by atoms with Crippen molar-refractivity contribution in [3.8, 4) is 0 Å². The lowest BCUT2D eigenvalue weighted by Gasteiger charge is -2.15. The maximum atomic E-state index is 12.1. The maximum absolute atomic E-state index is 12.1. The monoisotopic (exact) mass is 245 g/mol. The smallest absolute Gasteiger partial charge is 0.298 e. The second-order valence-electron chi connectivity index (χ2n) is 4.40. The molecule has 1 heterocycles. The second kappa shape index (κ2) is 6.57. The topological polar surface area (TPSA) is 55.6 Å². The van der Waals surface area contributed by atoms with Crippen molar-refractivity contribution in [1.82, 2.24) is 4.90 Å². The normalized spacial score (nSPS) is 14.8. The lowest BCUT2D eigenvalue weighted by atomic mass is 9.89. The number of nitrogens with two attached hydrogens (primary N) is 1. The van der Waals surface area contributed by atoms with E-state index in [1.165, 1.54) is 0 Å². The first-order valence-corrected chi connectivity index (χ1v) is 6.33. The highest BCUT2D eigenvalue weighted by Crippen LogP contribution is 2.13. The molecule has 1 fully saturated rings. The van der Waals surface area contributed by atoms with Gasteiger partial charge in [-0.25, -0.2) is 0 Å². The Balaban J connectivity index is 1.92. The van der Waals surface area contributed by atoms with E-state index in [-0.39, 0.29) is 12.6 Å². The molecule has 1 radical (unpaired) electrons. The SMILES string of the molecule is NCO[B]Cc1ccc(C(=O)N2CCCC2)cc1. The van der Waals surface area contributed by atoms with Gasteiger partial charge in [0.1, 0.15) is 0 Å². The third kappa shape index (κ3) is 3.34. The number of likely N-dealkylation sites (tertiary alicyclic amines) is 1. The van der Waals surface area contributed by atoms with E-state index in [1.54, 1.807) is 7.48 Å². The molecule has 1 amide bonds. The predicted molar refractivity (Wildman–Crippen MR) is 71.2 cm³/mol. The van der Waals surface area contributed by atoms with Crippen LogP contribution in [0.2, 0.25) is 0 Å². The Morgan fingerprint density at radius 2 is 1.94 bits per heavy atom. The van der Waals surface area contributed by atoms with E-state index in [9.17, 15) is 4.79 Å². The summed E-state index contributed by atoms with van der Waals surface area (Å²) in [5.41, 5.74) is 7.10. The number of nitrogens with zero attached hydrogens (tertiary/aromatic N) is 1. The Hall–Kier alpha value is -1.33. The van der Waals surface area contributed by atoms with Gasteiger partial charge in [-0.2, -0.15) is 0 Å². The van der Waals surface area contributed by atoms with Gasteiger partial charge in [0.2, 0.25) is 0 Å². The van der Waals surface area contributed by atoms with Gasteiger partial charge in [0.05, 0.1) is 6.73 Å². The summed E-state index contributed by atoms with van der Waals surface area (Å²) in [5, 5.41) is 0. The Bertz CT molecular complexity index is 388. The van der Waals surface area contributed by atoms with Gasteiger partial charge in [-0.05, 0) is 31.3 Å². The fourth-order valence-electron chi connectivity index (χ4n) is 2.11. The number of carbonyl (C=O) groups is 1. The molecule has 0 unspecified atom stereocenters. The van der Waals surface area contributed by atoms with Gasteiger partial charge in [0.25, 0.3) is 13.4 Å². The highest BCUT2D eigenvalue weighted by Gasteiger charge is 2.18. The predicted octanol–water partition coefficient (Wildman–Crippen LogP) is 0.975. The summed E-state index contributed by atoms with van der Waals surface area (Å²) in [4.78, 5) is 14.0. The quantitative estimate of drug-likeness (QED) is 0.478. The van der Waals surface area contributed by atoms with Gasteiger partial charge in [-0.3, -0.25) is 4.79 Å². The molecule has 0 saturated carbocycles. The molecular weight excluding hydrogens is 227 g/mol. The first kappa shape index (κ1) is 13.1. The van der Waals surface area contributed by atoms with Crippen LogP contribution in [0.25, 0.3) is 0 Å². The maximum Gasteiger partial charge on any atom is 0.298 e. The molecule has 1 aliphatic heterocycles. The zero-order valence-electron chi connectivity index (χ0n) is 10.5. The molecule has 0 atom stereocenters. The van der Waals surface area contributed by atoms with Gasteiger partial charge in [0, 0.05) is 18.7 Å². The van der Waals surface area contributed by atoms with Crippen LogP contribution in [0.5, 0.6) is 0 Å². The number of hydrogen-bond acceptors (Lipinski definition) is 3. The van der Waals surface area contributed by atoms with Crippen LogP contribution in [0.1, 0.15) is 28.8 Å². The summed E-state index contributed by atoms with van der Waals surface area (Å²) >= 11 is 0. The van der Waals surface area contributed by atoms with Crippen LogP contribution in [0.3, 0.4) is 0 Å². The lowest BCUT2D eigenvalue weighted by molar-refractivity contribution is 0.0793. The fourth-order valence-corrected chi connectivity index (χ4v) is 2.11. The third-order valence-electron chi connectivity index (χ3n) is 3.13. The molecule has 0 aliphatic carbocycles. The molecule has 1 aromatic carbocycles. The number of benzene rings is 1. The Morgan fingerprint density at radius 3 is 2.56 bits per heavy atom. The molecule has 1 saturated heterocycles. The second-order valence-corrected chi connectivity index (χ2v) is 4.40. The third-order valence-corrected chi connectivity index (χ3v) is 3.13. The summed E-state index contributed by atoms with van der Waals surface area (Å²) in [6.45, 7) is 1.98. The molecule has 2 N–H and O–H groups in total. The lowest BCUT2D eigenvalue weighted by Crippen LogP contribution is -2.27. The van der Waals surface area contributed by atoms with Crippen molar-refractivity contribution in [3.05, 3.63) is 35.4 Å². The van der Waals surface area contributed by atoms with Crippen molar-refractivity contribution >= 4 is 13.4 Å². The number of rotatable bonds is 5. The van der Waals surface area contributed by atoms with Crippen LogP contribution in [0, 0.1) is 0 Å². The van der Waals surface area contributed by atoms with Crippen molar-refractivity contribution in [2.75, 3.05) is 19.8 Å². The van der Waals surface area contributed by atoms with Crippen molar-refractivity contribution < 1.29 is 9.45 Å². The van der Waals surface area contributed by atoms with Gasteiger partial charge < -0.3 is 15.3 Å². The number of carbonyl (C=O) groups excluding carboxylic acids is 1. The van der Waals surface area contributed by atoms with E-state index in [4.69, 9.17) is 10.4 Å². The standard InChI is InChI=1S/C13H18BN2O2/c15-10-18-14-9-11-3-5-12(6-4-11)13(17)16-7-1-2-8-16/h3-6H,1-2,7-10,15H2. The van der Waals surface area contributed by atoms with Crippen molar-refractivity contribution in [3.63, 3.8) is 0 Å². The molecule has 1 aliphatic rings. The molecule has 0 aromatic heterocycles. The Kier molecular flexibility index (Phi) is 4.78. The molecule has 95 valence electrons. The van der Waals surface area contributed by atoms with Crippen LogP contribution >= 0.6 is 0 Å². The molecule has 5 heteroatoms. The summed E-state index contributed by atoms with van der Waals surface area (Å²) in [5.74, 6) is 0.140. The summed E-state index contributed by atoms with van der Waals surface area (Å²) in [6, 6.07) is 7.68. The highest BCUT2D eigenvalue weighted by atomic mass is 16.4. The number of hydrogen-bond donors (Lipinski definition) is 1. The van der Waals surface area contributed by atoms with Gasteiger partial charge >= 0.3 is 0 Å². The highest BCUT2D eigenvalue weighted by molar-refractivity contribution is 6.26. The molecule has 0 bridgehead atoms. The molecule has 0 spiro atoms. The van der Waals surface area contributed by atoms with E-state index in [0.717, 1.165) is 37.1 Å². The minimum atomic E-state index is 0.140. The Labute approximate surface area is 108 Å². The van der Waals surface area contributed by atoms with Crippen LogP contribution in [-0.2, 0) is 11.0 Å². The van der Waals surface area contributed by atoms with E-state index < -0.39 is 0 Å². The zero-order valence-corrected chi connectivity index (χ0v) is 10.5. The first-order valence-electron chi connectivity index (χ1n) is 6.33. The van der Waals surface area contributed by atoms with Crippen LogP contribution < -0.4 is 5.73 Å². The zero-order chi connectivity index (χ0) is 12.8. The first-order chi connectivity index (χ1) is 8.81. The van der Waals surface area contributed by atoms with E-state index in [2.05, 4.69) is 0 Å². The Morgan fingerprint density at radius 1 is 1.28 bits per heavy atom. The minimum absolute atomic E-state index is 0.140. The van der Waals surface area contributed by atoms with Crippen molar-refractivity contribution in [2.24, 2.45) is 5.73 Å². The van der Waals surface area contributed by atoms with E-state index in [1.807, 2.05) is 29.2 Å². The molecule has 4 nitrogen and oxygen atoms in total.